The van der Waals surface area contributed by atoms with E-state index in [-0.39, 0.29) is 11.3 Å². The fourth-order valence-electron chi connectivity index (χ4n) is 3.74. The van der Waals surface area contributed by atoms with Crippen LogP contribution in [0.4, 0.5) is 4.39 Å². The van der Waals surface area contributed by atoms with Crippen LogP contribution >= 0.6 is 0 Å². The van der Waals surface area contributed by atoms with Gasteiger partial charge in [0, 0.05) is 24.4 Å². The summed E-state index contributed by atoms with van der Waals surface area (Å²) in [4.78, 5) is 8.64. The lowest BCUT2D eigenvalue weighted by Gasteiger charge is -2.28. The number of sulfonamides is 1. The first-order chi connectivity index (χ1) is 14.6. The minimum absolute atomic E-state index is 0.0112. The van der Waals surface area contributed by atoms with E-state index >= 15 is 4.39 Å². The average Bonchev–Trinajstić information content (AvgIpc) is 2.72. The van der Waals surface area contributed by atoms with Gasteiger partial charge in [-0.3, -0.25) is 9.97 Å². The number of halogens is 1. The first-order valence-electron chi connectivity index (χ1n) is 9.99. The van der Waals surface area contributed by atoms with Gasteiger partial charge < -0.3 is 0 Å². The Morgan fingerprint density at radius 2 is 1.74 bits per heavy atom. The summed E-state index contributed by atoms with van der Waals surface area (Å²) in [5.41, 5.74) is 0.433. The number of hydrogen-bond acceptors (Lipinski definition) is 4. The van der Waals surface area contributed by atoms with Gasteiger partial charge in [0.15, 0.2) is 5.67 Å². The number of allylic oxidation sites excluding steroid dienone is 4. The van der Waals surface area contributed by atoms with Gasteiger partial charge in [0.1, 0.15) is 0 Å². The molecule has 1 aliphatic carbocycles. The van der Waals surface area contributed by atoms with E-state index in [2.05, 4.69) is 14.7 Å². The Bertz CT molecular complexity index is 1310. The zero-order valence-corrected chi connectivity index (χ0v) is 18.4. The van der Waals surface area contributed by atoms with Crippen molar-refractivity contribution in [1.82, 2.24) is 14.7 Å². The topological polar surface area (TPSA) is 72.0 Å². The molecule has 0 amide bonds. The molecule has 1 aromatic heterocycles. The van der Waals surface area contributed by atoms with E-state index in [9.17, 15) is 8.42 Å². The molecule has 0 bridgehead atoms. The van der Waals surface area contributed by atoms with Gasteiger partial charge in [-0.05, 0) is 61.7 Å². The standard InChI is InChI=1S/C24H24FN3O2S/c1-23(2,3)28-31(29,30)22-9-5-4-8-19(22)17-7-6-12-24(25,16-17)18-10-11-20-21(15-18)27-14-13-26-20/h4-15,28H,16H2,1-3H3. The van der Waals surface area contributed by atoms with Crippen LogP contribution in [0.25, 0.3) is 16.6 Å². The molecule has 160 valence electrons. The van der Waals surface area contributed by atoms with Gasteiger partial charge in [-0.1, -0.05) is 36.4 Å². The smallest absolute Gasteiger partial charge is 0.241 e. The third-order valence-corrected chi connectivity index (χ3v) is 6.83. The van der Waals surface area contributed by atoms with Gasteiger partial charge in [0.2, 0.25) is 10.0 Å². The van der Waals surface area contributed by atoms with Crippen LogP contribution in [0.5, 0.6) is 0 Å². The largest absolute Gasteiger partial charge is 0.253 e. The van der Waals surface area contributed by atoms with E-state index in [0.717, 1.165) is 0 Å². The minimum Gasteiger partial charge on any atom is -0.253 e. The molecule has 1 atom stereocenters. The highest BCUT2D eigenvalue weighted by atomic mass is 32.2. The summed E-state index contributed by atoms with van der Waals surface area (Å²) in [7, 11) is -3.78. The molecule has 1 N–H and O–H groups in total. The Morgan fingerprint density at radius 1 is 1.03 bits per heavy atom. The molecule has 0 saturated heterocycles. The van der Waals surface area contributed by atoms with E-state index in [4.69, 9.17) is 0 Å². The Labute approximate surface area is 181 Å². The van der Waals surface area contributed by atoms with Crippen molar-refractivity contribution in [2.75, 3.05) is 0 Å². The van der Waals surface area contributed by atoms with Crippen LogP contribution in [0.3, 0.4) is 0 Å². The monoisotopic (exact) mass is 437 g/mol. The van der Waals surface area contributed by atoms with Crippen molar-refractivity contribution >= 4 is 26.6 Å². The molecule has 1 heterocycles. The predicted octanol–water partition coefficient (Wildman–Crippen LogP) is 4.91. The van der Waals surface area contributed by atoms with Crippen LogP contribution in [0.1, 0.15) is 38.3 Å². The Balaban J connectivity index is 1.73. The highest BCUT2D eigenvalue weighted by Gasteiger charge is 2.34. The molecule has 7 heteroatoms. The number of nitrogens with one attached hydrogen (secondary N) is 1. The highest BCUT2D eigenvalue weighted by Crippen LogP contribution is 2.42. The van der Waals surface area contributed by atoms with Gasteiger partial charge in [0.25, 0.3) is 0 Å². The van der Waals surface area contributed by atoms with Crippen molar-refractivity contribution in [3.8, 4) is 0 Å². The summed E-state index contributed by atoms with van der Waals surface area (Å²) in [5.74, 6) is 0. The minimum atomic E-state index is -3.78. The lowest BCUT2D eigenvalue weighted by Crippen LogP contribution is -2.40. The van der Waals surface area contributed by atoms with Gasteiger partial charge in [-0.15, -0.1) is 0 Å². The third kappa shape index (κ3) is 4.43. The first-order valence-corrected chi connectivity index (χ1v) is 11.5. The zero-order chi connectivity index (χ0) is 22.3. The molecule has 0 saturated carbocycles. The van der Waals surface area contributed by atoms with Crippen LogP contribution in [-0.2, 0) is 15.7 Å². The van der Waals surface area contributed by atoms with Crippen LogP contribution in [0, 0.1) is 0 Å². The quantitative estimate of drug-likeness (QED) is 0.629. The SMILES string of the molecule is CC(C)(C)NS(=O)(=O)c1ccccc1C1=CC=CC(F)(c2ccc3nccnc3c2)C1. The highest BCUT2D eigenvalue weighted by molar-refractivity contribution is 7.89. The molecule has 0 spiro atoms. The molecule has 1 unspecified atom stereocenters. The molecule has 2 aromatic carbocycles. The summed E-state index contributed by atoms with van der Waals surface area (Å²) in [5, 5.41) is 0. The van der Waals surface area contributed by atoms with Crippen molar-refractivity contribution in [2.24, 2.45) is 0 Å². The van der Waals surface area contributed by atoms with Gasteiger partial charge in [0.05, 0.1) is 15.9 Å². The van der Waals surface area contributed by atoms with Crippen LogP contribution in [0.2, 0.25) is 0 Å². The van der Waals surface area contributed by atoms with Crippen LogP contribution < -0.4 is 4.72 Å². The summed E-state index contributed by atoms with van der Waals surface area (Å²) in [6, 6.07) is 11.8. The summed E-state index contributed by atoms with van der Waals surface area (Å²) in [6.07, 6.45) is 8.08. The summed E-state index contributed by atoms with van der Waals surface area (Å²) >= 11 is 0. The van der Waals surface area contributed by atoms with Gasteiger partial charge >= 0.3 is 0 Å². The van der Waals surface area contributed by atoms with Crippen molar-refractivity contribution in [2.45, 2.75) is 43.3 Å². The van der Waals surface area contributed by atoms with Crippen molar-refractivity contribution in [3.05, 3.63) is 84.2 Å². The normalized spacial score (nSPS) is 19.4. The van der Waals surface area contributed by atoms with Crippen LogP contribution in [0.15, 0.2) is 78.0 Å². The molecular formula is C24H24FN3O2S. The van der Waals surface area contributed by atoms with Crippen molar-refractivity contribution in [3.63, 3.8) is 0 Å². The van der Waals surface area contributed by atoms with Gasteiger partial charge in [-0.25, -0.2) is 17.5 Å². The predicted molar refractivity (Wildman–Crippen MR) is 121 cm³/mol. The van der Waals surface area contributed by atoms with Crippen molar-refractivity contribution in [1.29, 1.82) is 0 Å². The second kappa shape index (κ2) is 7.66. The molecular weight excluding hydrogens is 413 g/mol. The number of nitrogens with zero attached hydrogens (tertiary/aromatic N) is 2. The molecule has 31 heavy (non-hydrogen) atoms. The zero-order valence-electron chi connectivity index (χ0n) is 17.6. The second-order valence-corrected chi connectivity index (χ2v) is 10.4. The third-order valence-electron chi connectivity index (χ3n) is 5.02. The van der Waals surface area contributed by atoms with Crippen LogP contribution in [-0.4, -0.2) is 23.9 Å². The number of alkyl halides is 1. The summed E-state index contributed by atoms with van der Waals surface area (Å²) in [6.45, 7) is 5.35. The lowest BCUT2D eigenvalue weighted by atomic mass is 9.83. The maximum Gasteiger partial charge on any atom is 0.241 e. The fourth-order valence-corrected chi connectivity index (χ4v) is 5.40. The number of hydrogen-bond donors (Lipinski definition) is 1. The van der Waals surface area contributed by atoms with E-state index in [1.165, 1.54) is 6.08 Å². The molecule has 4 rings (SSSR count). The maximum atomic E-state index is 16.1. The Kier molecular flexibility index (Phi) is 5.27. The Morgan fingerprint density at radius 3 is 2.48 bits per heavy atom. The average molecular weight is 438 g/mol. The summed E-state index contributed by atoms with van der Waals surface area (Å²) < 4.78 is 44.9. The molecule has 1 aliphatic rings. The van der Waals surface area contributed by atoms with E-state index in [1.54, 1.807) is 87.8 Å². The molecule has 0 radical (unpaired) electrons. The maximum absolute atomic E-state index is 16.1. The number of rotatable bonds is 4. The fraction of sp³-hybridized carbons (Fsp3) is 0.250. The van der Waals surface area contributed by atoms with E-state index in [0.29, 0.717) is 27.7 Å². The number of benzene rings is 2. The van der Waals surface area contributed by atoms with E-state index < -0.39 is 21.2 Å². The second-order valence-electron chi connectivity index (χ2n) is 8.70. The molecule has 5 nitrogen and oxygen atoms in total. The Hall–Kier alpha value is -2.90. The molecule has 0 aliphatic heterocycles. The molecule has 3 aromatic rings. The molecule has 0 fully saturated rings. The number of fused-ring (bicyclic) bond motifs is 1. The first kappa shape index (κ1) is 21.3. The lowest BCUT2D eigenvalue weighted by molar-refractivity contribution is 0.240. The van der Waals surface area contributed by atoms with Crippen molar-refractivity contribution < 1.29 is 12.8 Å². The van der Waals surface area contributed by atoms with Gasteiger partial charge in [-0.2, -0.15) is 0 Å². The van der Waals surface area contributed by atoms with E-state index in [1.807, 2.05) is 0 Å². The number of aromatic nitrogens is 2.